The van der Waals surface area contributed by atoms with Crippen molar-refractivity contribution in [3.05, 3.63) is 29.8 Å². The number of benzene rings is 1. The van der Waals surface area contributed by atoms with Crippen LogP contribution in [0.4, 0.5) is 4.79 Å². The molecule has 0 saturated carbocycles. The maximum atomic E-state index is 11.7. The number of rotatable bonds is 6. The zero-order valence-corrected chi connectivity index (χ0v) is 14.2. The zero-order chi connectivity index (χ0) is 18.2. The van der Waals surface area contributed by atoms with Gasteiger partial charge in [-0.3, -0.25) is 4.79 Å². The van der Waals surface area contributed by atoms with Gasteiger partial charge in [-0.1, -0.05) is 12.1 Å². The molecule has 0 atom stereocenters. The van der Waals surface area contributed by atoms with Gasteiger partial charge >= 0.3 is 12.1 Å². The number of ether oxygens (including phenoxy) is 2. The monoisotopic (exact) mass is 336 g/mol. The van der Waals surface area contributed by atoms with E-state index in [1.807, 2.05) is 0 Å². The van der Waals surface area contributed by atoms with E-state index in [1.54, 1.807) is 45.0 Å². The van der Waals surface area contributed by atoms with Crippen LogP contribution in [0, 0.1) is 0 Å². The molecular formula is C16H24N4O4. The Hall–Kier alpha value is -2.77. The zero-order valence-electron chi connectivity index (χ0n) is 14.2. The summed E-state index contributed by atoms with van der Waals surface area (Å²) >= 11 is 0. The highest BCUT2D eigenvalue weighted by atomic mass is 16.6. The van der Waals surface area contributed by atoms with Crippen molar-refractivity contribution in [1.82, 2.24) is 5.32 Å². The number of aliphatic imine (C=N–C) groups is 1. The largest absolute Gasteiger partial charge is 0.444 e. The number of carbonyl (C=O) groups excluding carboxylic acids is 2. The third-order valence-electron chi connectivity index (χ3n) is 2.60. The molecule has 0 aliphatic carbocycles. The SMILES string of the molecule is CC(C)(C)OC(=O)NCCC(=O)Oc1ccc(CN=C(N)N)cc1. The van der Waals surface area contributed by atoms with E-state index in [1.165, 1.54) is 0 Å². The minimum absolute atomic E-state index is 0.0167. The molecule has 1 amide bonds. The van der Waals surface area contributed by atoms with E-state index < -0.39 is 17.7 Å². The first-order valence-electron chi connectivity index (χ1n) is 7.47. The van der Waals surface area contributed by atoms with Gasteiger partial charge in [0.25, 0.3) is 0 Å². The highest BCUT2D eigenvalue weighted by Crippen LogP contribution is 2.13. The third kappa shape index (κ3) is 8.62. The van der Waals surface area contributed by atoms with E-state index in [-0.39, 0.29) is 18.9 Å². The number of esters is 1. The summed E-state index contributed by atoms with van der Waals surface area (Å²) in [5.41, 5.74) is 10.8. The van der Waals surface area contributed by atoms with Gasteiger partial charge in [-0.25, -0.2) is 9.79 Å². The van der Waals surface area contributed by atoms with E-state index in [0.29, 0.717) is 12.3 Å². The van der Waals surface area contributed by atoms with Gasteiger partial charge in [0.2, 0.25) is 0 Å². The van der Waals surface area contributed by atoms with Crippen LogP contribution >= 0.6 is 0 Å². The van der Waals surface area contributed by atoms with Crippen molar-refractivity contribution in [3.63, 3.8) is 0 Å². The highest BCUT2D eigenvalue weighted by Gasteiger charge is 2.16. The predicted molar refractivity (Wildman–Crippen MR) is 90.4 cm³/mol. The van der Waals surface area contributed by atoms with Gasteiger partial charge in [0.05, 0.1) is 13.0 Å². The molecule has 1 aromatic rings. The molecule has 0 saturated heterocycles. The molecule has 8 nitrogen and oxygen atoms in total. The van der Waals surface area contributed by atoms with Crippen LogP contribution in [-0.4, -0.2) is 30.2 Å². The van der Waals surface area contributed by atoms with Gasteiger partial charge in [0.15, 0.2) is 5.96 Å². The average Bonchev–Trinajstić information content (AvgIpc) is 2.44. The second-order valence-electron chi connectivity index (χ2n) is 6.04. The number of alkyl carbamates (subject to hydrolysis) is 1. The predicted octanol–water partition coefficient (Wildman–Crippen LogP) is 1.28. The number of nitrogens with two attached hydrogens (primary N) is 2. The molecule has 0 spiro atoms. The molecule has 0 aliphatic heterocycles. The molecule has 0 aromatic heterocycles. The van der Waals surface area contributed by atoms with Crippen molar-refractivity contribution < 1.29 is 19.1 Å². The first kappa shape index (κ1) is 19.3. The van der Waals surface area contributed by atoms with Crippen LogP contribution in [0.15, 0.2) is 29.3 Å². The first-order valence-corrected chi connectivity index (χ1v) is 7.47. The van der Waals surface area contributed by atoms with E-state index in [2.05, 4.69) is 10.3 Å². The normalized spacial score (nSPS) is 10.6. The second-order valence-corrected chi connectivity index (χ2v) is 6.04. The standard InChI is InChI=1S/C16H24N4O4/c1-16(2,3)24-15(22)19-9-8-13(21)23-12-6-4-11(5-7-12)10-20-14(17)18/h4-7H,8-10H2,1-3H3,(H,19,22)(H4,17,18,20). The van der Waals surface area contributed by atoms with Crippen molar-refractivity contribution in [1.29, 1.82) is 0 Å². The molecule has 132 valence electrons. The van der Waals surface area contributed by atoms with Crippen molar-refractivity contribution in [2.45, 2.75) is 39.3 Å². The average molecular weight is 336 g/mol. The van der Waals surface area contributed by atoms with Gasteiger partial charge in [-0.15, -0.1) is 0 Å². The maximum absolute atomic E-state index is 11.7. The molecule has 0 bridgehead atoms. The van der Waals surface area contributed by atoms with Gasteiger partial charge in [-0.2, -0.15) is 0 Å². The summed E-state index contributed by atoms with van der Waals surface area (Å²) in [5.74, 6) is -0.0308. The van der Waals surface area contributed by atoms with E-state index in [4.69, 9.17) is 20.9 Å². The molecule has 8 heteroatoms. The van der Waals surface area contributed by atoms with Crippen LogP contribution < -0.4 is 21.5 Å². The number of guanidine groups is 1. The summed E-state index contributed by atoms with van der Waals surface area (Å²) in [4.78, 5) is 27.0. The maximum Gasteiger partial charge on any atom is 0.407 e. The van der Waals surface area contributed by atoms with Crippen molar-refractivity contribution in [2.24, 2.45) is 16.5 Å². The Bertz CT molecular complexity index is 587. The lowest BCUT2D eigenvalue weighted by atomic mass is 10.2. The van der Waals surface area contributed by atoms with Gasteiger partial charge < -0.3 is 26.3 Å². The number of nitrogens with zero attached hydrogens (tertiary/aromatic N) is 1. The molecule has 0 fully saturated rings. The molecule has 0 heterocycles. The Kier molecular flexibility index (Phi) is 7.03. The van der Waals surface area contributed by atoms with Crippen LogP contribution in [0.5, 0.6) is 5.75 Å². The molecule has 24 heavy (non-hydrogen) atoms. The quantitative estimate of drug-likeness (QED) is 0.310. The second kappa shape index (κ2) is 8.76. The van der Waals surface area contributed by atoms with Crippen LogP contribution in [0.25, 0.3) is 0 Å². The van der Waals surface area contributed by atoms with E-state index in [0.717, 1.165) is 5.56 Å². The lowest BCUT2D eigenvalue weighted by Gasteiger charge is -2.19. The topological polar surface area (TPSA) is 129 Å². The fourth-order valence-electron chi connectivity index (χ4n) is 1.61. The van der Waals surface area contributed by atoms with Crippen molar-refractivity contribution >= 4 is 18.0 Å². The summed E-state index contributed by atoms with van der Waals surface area (Å²) in [6, 6.07) is 6.81. The summed E-state index contributed by atoms with van der Waals surface area (Å²) < 4.78 is 10.2. The first-order chi connectivity index (χ1) is 11.2. The summed E-state index contributed by atoms with van der Waals surface area (Å²) in [6.45, 7) is 5.78. The Balaban J connectivity index is 2.35. The highest BCUT2D eigenvalue weighted by molar-refractivity contribution is 5.75. The van der Waals surface area contributed by atoms with Crippen LogP contribution in [0.2, 0.25) is 0 Å². The van der Waals surface area contributed by atoms with Crippen LogP contribution in [0.3, 0.4) is 0 Å². The molecule has 0 unspecified atom stereocenters. The number of nitrogens with one attached hydrogen (secondary N) is 1. The number of amides is 1. The minimum atomic E-state index is -0.578. The lowest BCUT2D eigenvalue weighted by molar-refractivity contribution is -0.134. The summed E-state index contributed by atoms with van der Waals surface area (Å²) in [6.07, 6.45) is -0.533. The number of hydrogen-bond donors (Lipinski definition) is 3. The van der Waals surface area contributed by atoms with Gasteiger partial charge in [0.1, 0.15) is 11.4 Å². The van der Waals surface area contributed by atoms with Gasteiger partial charge in [-0.05, 0) is 38.5 Å². The van der Waals surface area contributed by atoms with Crippen molar-refractivity contribution in [3.8, 4) is 5.75 Å². The molecule has 5 N–H and O–H groups in total. The summed E-state index contributed by atoms with van der Waals surface area (Å²) in [7, 11) is 0. The van der Waals surface area contributed by atoms with Crippen molar-refractivity contribution in [2.75, 3.05) is 6.54 Å². The molecule has 0 radical (unpaired) electrons. The van der Waals surface area contributed by atoms with Crippen LogP contribution in [0.1, 0.15) is 32.8 Å². The number of carbonyl (C=O) groups is 2. The smallest absolute Gasteiger partial charge is 0.407 e. The minimum Gasteiger partial charge on any atom is -0.444 e. The van der Waals surface area contributed by atoms with Crippen LogP contribution in [-0.2, 0) is 16.1 Å². The van der Waals surface area contributed by atoms with Gasteiger partial charge in [0, 0.05) is 6.54 Å². The van der Waals surface area contributed by atoms with E-state index >= 15 is 0 Å². The fraction of sp³-hybridized carbons (Fsp3) is 0.438. The Morgan fingerprint density at radius 1 is 1.17 bits per heavy atom. The molecule has 1 aromatic carbocycles. The Morgan fingerprint density at radius 3 is 2.33 bits per heavy atom. The molecule has 1 rings (SSSR count). The number of hydrogen-bond acceptors (Lipinski definition) is 5. The molecular weight excluding hydrogens is 312 g/mol. The Labute approximate surface area is 141 Å². The third-order valence-corrected chi connectivity index (χ3v) is 2.60. The summed E-state index contributed by atoms with van der Waals surface area (Å²) in [5, 5.41) is 2.49. The Morgan fingerprint density at radius 2 is 1.79 bits per heavy atom. The lowest BCUT2D eigenvalue weighted by Crippen LogP contribution is -2.34. The molecule has 0 aliphatic rings. The van der Waals surface area contributed by atoms with E-state index in [9.17, 15) is 9.59 Å². The fourth-order valence-corrected chi connectivity index (χ4v) is 1.61.